The van der Waals surface area contributed by atoms with Gasteiger partial charge < -0.3 is 4.74 Å². The highest BCUT2D eigenvalue weighted by Gasteiger charge is 2.54. The summed E-state index contributed by atoms with van der Waals surface area (Å²) in [5.41, 5.74) is -0.0643. The topological polar surface area (TPSA) is 29.5 Å². The van der Waals surface area contributed by atoms with Gasteiger partial charge in [-0.15, -0.1) is 0 Å². The Labute approximate surface area is 91.6 Å². The summed E-state index contributed by atoms with van der Waals surface area (Å²) in [5.74, 6) is -4.50. The molecule has 5 heteroatoms. The molecule has 2 rings (SSSR count). The Morgan fingerprint density at radius 3 is 2.56 bits per heavy atom. The van der Waals surface area contributed by atoms with Crippen LogP contribution in [0.1, 0.15) is 10.4 Å². The molecule has 0 amide bonds. The zero-order valence-corrected chi connectivity index (χ0v) is 8.91. The van der Waals surface area contributed by atoms with Crippen molar-refractivity contribution in [3.05, 3.63) is 29.8 Å². The summed E-state index contributed by atoms with van der Waals surface area (Å²) in [6.07, 6.45) is -1.55. The summed E-state index contributed by atoms with van der Waals surface area (Å²) < 4.78 is 32.5. The molecule has 1 atom stereocenters. The third-order valence-electron chi connectivity index (χ3n) is 2.45. The zero-order valence-electron chi connectivity index (χ0n) is 8.91. The van der Waals surface area contributed by atoms with Gasteiger partial charge in [-0.05, 0) is 26.2 Å². The molecule has 0 fully saturated rings. The number of ether oxygens (including phenoxy) is 1. The van der Waals surface area contributed by atoms with E-state index in [-0.39, 0.29) is 11.3 Å². The summed E-state index contributed by atoms with van der Waals surface area (Å²) in [7, 11) is 2.89. The van der Waals surface area contributed by atoms with Crippen molar-refractivity contribution >= 4 is 5.78 Å². The third-order valence-corrected chi connectivity index (χ3v) is 2.45. The number of para-hydroxylation sites is 1. The van der Waals surface area contributed by atoms with Crippen LogP contribution in [0, 0.1) is 0 Å². The van der Waals surface area contributed by atoms with Gasteiger partial charge in [0.2, 0.25) is 12.0 Å². The number of Topliss-reactive ketones (excluding diaryl/α,β-unsaturated/α-hetero) is 1. The monoisotopic (exact) mass is 227 g/mol. The van der Waals surface area contributed by atoms with E-state index in [9.17, 15) is 13.6 Å². The summed E-state index contributed by atoms with van der Waals surface area (Å²) in [4.78, 5) is 12.8. The standard InChI is InChI=1S/C11H11F2NO2/c1-14(2)10-11(12,13)9(15)7-5-3-4-6-8(7)16-10/h3-6,10H,1-2H3. The van der Waals surface area contributed by atoms with Crippen molar-refractivity contribution in [1.29, 1.82) is 0 Å². The number of rotatable bonds is 1. The van der Waals surface area contributed by atoms with Crippen molar-refractivity contribution < 1.29 is 18.3 Å². The highest BCUT2D eigenvalue weighted by molar-refractivity contribution is 6.04. The molecule has 0 aliphatic carbocycles. The van der Waals surface area contributed by atoms with Gasteiger partial charge in [-0.25, -0.2) is 0 Å². The Morgan fingerprint density at radius 2 is 1.94 bits per heavy atom. The fourth-order valence-corrected chi connectivity index (χ4v) is 1.67. The lowest BCUT2D eigenvalue weighted by Gasteiger charge is -2.35. The van der Waals surface area contributed by atoms with Crippen LogP contribution in [0.25, 0.3) is 0 Å². The molecule has 1 unspecified atom stereocenters. The number of halogens is 2. The number of carbonyl (C=O) groups is 1. The van der Waals surface area contributed by atoms with Gasteiger partial charge in [-0.3, -0.25) is 9.69 Å². The zero-order chi connectivity index (χ0) is 11.9. The van der Waals surface area contributed by atoms with Crippen LogP contribution < -0.4 is 4.74 Å². The van der Waals surface area contributed by atoms with Gasteiger partial charge in [-0.2, -0.15) is 8.78 Å². The molecule has 1 aliphatic rings. The number of benzene rings is 1. The second kappa shape index (κ2) is 3.52. The molecular weight excluding hydrogens is 216 g/mol. The minimum absolute atomic E-state index is 0.0643. The minimum atomic E-state index is -3.52. The third kappa shape index (κ3) is 1.48. The second-order valence-electron chi connectivity index (χ2n) is 3.88. The van der Waals surface area contributed by atoms with E-state index < -0.39 is 17.9 Å². The molecule has 1 aliphatic heterocycles. The number of carbonyl (C=O) groups excluding carboxylic acids is 1. The van der Waals surface area contributed by atoms with Crippen molar-refractivity contribution in [3.63, 3.8) is 0 Å². The van der Waals surface area contributed by atoms with Crippen LogP contribution in [-0.2, 0) is 0 Å². The van der Waals surface area contributed by atoms with E-state index in [1.54, 1.807) is 6.07 Å². The van der Waals surface area contributed by atoms with Crippen LogP contribution in [0.5, 0.6) is 5.75 Å². The molecular formula is C11H11F2NO2. The average molecular weight is 227 g/mol. The van der Waals surface area contributed by atoms with Crippen LogP contribution in [0.3, 0.4) is 0 Å². The predicted octanol–water partition coefficient (Wildman–Crippen LogP) is 1.78. The maximum absolute atomic E-state index is 13.7. The van der Waals surface area contributed by atoms with E-state index in [4.69, 9.17) is 4.74 Å². The number of hydrogen-bond acceptors (Lipinski definition) is 3. The highest BCUT2D eigenvalue weighted by Crippen LogP contribution is 2.37. The van der Waals surface area contributed by atoms with Crippen molar-refractivity contribution in [3.8, 4) is 5.75 Å². The maximum Gasteiger partial charge on any atom is 0.359 e. The molecule has 0 radical (unpaired) electrons. The summed E-state index contributed by atoms with van der Waals surface area (Å²) in [6, 6.07) is 6.03. The Balaban J connectivity index is 2.51. The van der Waals surface area contributed by atoms with Gasteiger partial charge in [0.05, 0.1) is 5.56 Å². The predicted molar refractivity (Wildman–Crippen MR) is 53.8 cm³/mol. The van der Waals surface area contributed by atoms with E-state index in [1.807, 2.05) is 0 Å². The molecule has 0 saturated carbocycles. The Hall–Kier alpha value is -1.49. The number of ketones is 1. The molecule has 3 nitrogen and oxygen atoms in total. The van der Waals surface area contributed by atoms with Crippen molar-refractivity contribution in [2.45, 2.75) is 12.2 Å². The normalized spacial score (nSPS) is 22.8. The minimum Gasteiger partial charge on any atom is -0.467 e. The maximum atomic E-state index is 13.7. The van der Waals surface area contributed by atoms with Gasteiger partial charge in [0, 0.05) is 0 Å². The fraction of sp³-hybridized carbons (Fsp3) is 0.364. The first-order valence-electron chi connectivity index (χ1n) is 4.79. The number of alkyl halides is 2. The quantitative estimate of drug-likeness (QED) is 0.732. The Kier molecular flexibility index (Phi) is 2.42. The molecule has 16 heavy (non-hydrogen) atoms. The number of hydrogen-bond donors (Lipinski definition) is 0. The lowest BCUT2D eigenvalue weighted by atomic mass is 10.00. The van der Waals surface area contributed by atoms with Gasteiger partial charge in [0.25, 0.3) is 0 Å². The van der Waals surface area contributed by atoms with Gasteiger partial charge in [0.15, 0.2) is 0 Å². The SMILES string of the molecule is CN(C)C1Oc2ccccc2C(=O)C1(F)F. The first-order valence-corrected chi connectivity index (χ1v) is 4.79. The van der Waals surface area contributed by atoms with Crippen molar-refractivity contribution in [1.82, 2.24) is 4.90 Å². The Bertz CT molecular complexity index is 432. The van der Waals surface area contributed by atoms with Crippen LogP contribution in [0.15, 0.2) is 24.3 Å². The molecule has 0 aromatic heterocycles. The highest BCUT2D eigenvalue weighted by atomic mass is 19.3. The molecule has 1 heterocycles. The summed E-state index contributed by atoms with van der Waals surface area (Å²) in [6.45, 7) is 0. The number of nitrogens with zero attached hydrogens (tertiary/aromatic N) is 1. The van der Waals surface area contributed by atoms with Crippen molar-refractivity contribution in [2.24, 2.45) is 0 Å². The number of fused-ring (bicyclic) bond motifs is 1. The van der Waals surface area contributed by atoms with E-state index in [2.05, 4.69) is 0 Å². The van der Waals surface area contributed by atoms with Crippen LogP contribution >= 0.6 is 0 Å². The molecule has 0 spiro atoms. The smallest absolute Gasteiger partial charge is 0.359 e. The summed E-state index contributed by atoms with van der Waals surface area (Å²) >= 11 is 0. The van der Waals surface area contributed by atoms with E-state index >= 15 is 0 Å². The molecule has 0 N–H and O–H groups in total. The molecule has 0 saturated heterocycles. The summed E-state index contributed by atoms with van der Waals surface area (Å²) in [5, 5.41) is 0. The fourth-order valence-electron chi connectivity index (χ4n) is 1.67. The molecule has 0 bridgehead atoms. The lowest BCUT2D eigenvalue weighted by molar-refractivity contribution is -0.126. The molecule has 1 aromatic rings. The molecule has 86 valence electrons. The van der Waals surface area contributed by atoms with Gasteiger partial charge in [0.1, 0.15) is 5.75 Å². The largest absolute Gasteiger partial charge is 0.467 e. The molecule has 1 aromatic carbocycles. The Morgan fingerprint density at radius 1 is 1.31 bits per heavy atom. The van der Waals surface area contributed by atoms with Crippen LogP contribution in [-0.4, -0.2) is 36.9 Å². The second-order valence-corrected chi connectivity index (χ2v) is 3.88. The van der Waals surface area contributed by atoms with E-state index in [0.717, 1.165) is 0 Å². The van der Waals surface area contributed by atoms with E-state index in [0.29, 0.717) is 0 Å². The van der Waals surface area contributed by atoms with Crippen LogP contribution in [0.4, 0.5) is 8.78 Å². The van der Waals surface area contributed by atoms with Crippen LogP contribution in [0.2, 0.25) is 0 Å². The lowest BCUT2D eigenvalue weighted by Crippen LogP contribution is -2.55. The van der Waals surface area contributed by atoms with Gasteiger partial charge >= 0.3 is 5.92 Å². The first kappa shape index (κ1) is 11.0. The van der Waals surface area contributed by atoms with Crippen molar-refractivity contribution in [2.75, 3.05) is 14.1 Å². The van der Waals surface area contributed by atoms with E-state index in [1.165, 1.54) is 37.2 Å². The average Bonchev–Trinajstić information content (AvgIpc) is 2.23. The van der Waals surface area contributed by atoms with Gasteiger partial charge in [-0.1, -0.05) is 12.1 Å². The first-order chi connectivity index (χ1) is 7.44.